The molecule has 2 heterocycles. The number of nitrogens with one attached hydrogen (secondary N) is 1. The molecule has 3 aliphatic rings. The molecule has 0 aromatic heterocycles. The zero-order chi connectivity index (χ0) is 26.4. The van der Waals surface area contributed by atoms with E-state index in [1.807, 2.05) is 33.0 Å². The number of benzene rings is 1. The lowest BCUT2D eigenvalue weighted by Crippen LogP contribution is -2.46. The van der Waals surface area contributed by atoms with Gasteiger partial charge in [0.1, 0.15) is 16.7 Å². The number of hydrogen-bond acceptors (Lipinski definition) is 5. The van der Waals surface area contributed by atoms with Crippen LogP contribution in [0, 0.1) is 19.8 Å². The van der Waals surface area contributed by atoms with E-state index in [0.717, 1.165) is 59.7 Å². The van der Waals surface area contributed by atoms with Crippen molar-refractivity contribution in [1.82, 2.24) is 19.4 Å². The second-order valence-electron chi connectivity index (χ2n) is 11.5. The smallest absolute Gasteiger partial charge is 0.221 e. The molecule has 1 N–H and O–H groups in total. The lowest BCUT2D eigenvalue weighted by atomic mass is 9.84. The van der Waals surface area contributed by atoms with Crippen molar-refractivity contribution in [3.63, 3.8) is 0 Å². The molecule has 7 nitrogen and oxygen atoms in total. The van der Waals surface area contributed by atoms with Crippen LogP contribution in [0.25, 0.3) is 0 Å². The third-order valence-corrected chi connectivity index (χ3v) is 10.5. The number of carbonyl (C=O) groups excluding carboxylic acids is 1. The summed E-state index contributed by atoms with van der Waals surface area (Å²) >= 11 is 0. The van der Waals surface area contributed by atoms with Crippen molar-refractivity contribution >= 4 is 16.9 Å². The van der Waals surface area contributed by atoms with E-state index in [2.05, 4.69) is 15.1 Å². The Morgan fingerprint density at radius 1 is 1.03 bits per heavy atom. The quantitative estimate of drug-likeness (QED) is 0.495. The molecule has 1 aromatic carbocycles. The van der Waals surface area contributed by atoms with Gasteiger partial charge in [0.2, 0.25) is 5.91 Å². The molecular weight excluding hydrogens is 484 g/mol. The van der Waals surface area contributed by atoms with Gasteiger partial charge in [-0.3, -0.25) is 4.79 Å². The Morgan fingerprint density at radius 2 is 1.65 bits per heavy atom. The fourth-order valence-corrected chi connectivity index (χ4v) is 7.76. The molecule has 1 unspecified atom stereocenters. The molecule has 1 saturated carbocycles. The number of ether oxygens (including phenoxy) is 1. The Morgan fingerprint density at radius 3 is 2.24 bits per heavy atom. The molecular formula is C29H48N4O3S. The summed E-state index contributed by atoms with van der Waals surface area (Å²) in [5.41, 5.74) is 1.88. The van der Waals surface area contributed by atoms with Gasteiger partial charge in [0.15, 0.2) is 0 Å². The van der Waals surface area contributed by atoms with Crippen molar-refractivity contribution in [2.45, 2.75) is 88.6 Å². The van der Waals surface area contributed by atoms with E-state index >= 15 is 0 Å². The second kappa shape index (κ2) is 13.5. The molecule has 0 radical (unpaired) electrons. The number of nitrogens with zero attached hydrogens (tertiary/aromatic N) is 3. The summed E-state index contributed by atoms with van der Waals surface area (Å²) in [6.07, 6.45) is 10.7. The monoisotopic (exact) mass is 532 g/mol. The van der Waals surface area contributed by atoms with E-state index in [0.29, 0.717) is 13.0 Å². The highest BCUT2D eigenvalue weighted by Crippen LogP contribution is 2.31. The van der Waals surface area contributed by atoms with Crippen molar-refractivity contribution in [1.29, 1.82) is 0 Å². The summed E-state index contributed by atoms with van der Waals surface area (Å²) in [6.45, 7) is 10.4. The van der Waals surface area contributed by atoms with E-state index in [9.17, 15) is 9.00 Å². The lowest BCUT2D eigenvalue weighted by Gasteiger charge is -2.38. The topological polar surface area (TPSA) is 65.1 Å². The Bertz CT molecular complexity index is 897. The summed E-state index contributed by atoms with van der Waals surface area (Å²) < 4.78 is 20.2. The Balaban J connectivity index is 1.13. The molecule has 0 spiro atoms. The average molecular weight is 533 g/mol. The van der Waals surface area contributed by atoms with Crippen molar-refractivity contribution < 1.29 is 13.7 Å². The SMILES string of the molecule is COc1cc(C)c(S(=O)N(C)CCC(=O)NC2CCN(CC3CCC(N4CCCC4)CC3)CC2)c(C)c1. The highest BCUT2D eigenvalue weighted by Gasteiger charge is 2.29. The van der Waals surface area contributed by atoms with E-state index < -0.39 is 11.0 Å². The van der Waals surface area contributed by atoms with Gasteiger partial charge in [-0.25, -0.2) is 8.51 Å². The third kappa shape index (κ3) is 7.78. The highest BCUT2D eigenvalue weighted by atomic mass is 32.2. The predicted octanol–water partition coefficient (Wildman–Crippen LogP) is 3.89. The number of likely N-dealkylation sites (tertiary alicyclic amines) is 2. The van der Waals surface area contributed by atoms with Crippen LogP contribution in [0.3, 0.4) is 0 Å². The van der Waals surface area contributed by atoms with Gasteiger partial charge in [0.25, 0.3) is 0 Å². The van der Waals surface area contributed by atoms with Gasteiger partial charge in [0.05, 0.1) is 12.0 Å². The number of aryl methyl sites for hydroxylation is 2. The molecule has 0 bridgehead atoms. The van der Waals surface area contributed by atoms with Crippen LogP contribution < -0.4 is 10.1 Å². The van der Waals surface area contributed by atoms with Crippen molar-refractivity contribution in [3.05, 3.63) is 23.3 Å². The van der Waals surface area contributed by atoms with Crippen LogP contribution in [-0.2, 0) is 15.8 Å². The van der Waals surface area contributed by atoms with Crippen LogP contribution in [0.1, 0.15) is 68.9 Å². The van der Waals surface area contributed by atoms with Crippen LogP contribution >= 0.6 is 0 Å². The molecule has 4 rings (SSSR count). The Hall–Kier alpha value is -1.48. The van der Waals surface area contributed by atoms with E-state index in [1.54, 1.807) is 11.4 Å². The van der Waals surface area contributed by atoms with Gasteiger partial charge >= 0.3 is 0 Å². The fourth-order valence-electron chi connectivity index (χ4n) is 6.53. The molecule has 1 atom stereocenters. The Kier molecular flexibility index (Phi) is 10.4. The number of methoxy groups -OCH3 is 1. The minimum absolute atomic E-state index is 0.0608. The number of amides is 1. The highest BCUT2D eigenvalue weighted by molar-refractivity contribution is 7.82. The summed E-state index contributed by atoms with van der Waals surface area (Å²) in [6, 6.07) is 4.93. The fraction of sp³-hybridized carbons (Fsp3) is 0.759. The summed E-state index contributed by atoms with van der Waals surface area (Å²) in [5, 5.41) is 3.24. The molecule has 8 heteroatoms. The number of hydrogen-bond donors (Lipinski definition) is 1. The van der Waals surface area contributed by atoms with Crippen LogP contribution in [0.15, 0.2) is 17.0 Å². The molecule has 208 valence electrons. The first-order chi connectivity index (χ1) is 17.8. The van der Waals surface area contributed by atoms with E-state index in [-0.39, 0.29) is 11.9 Å². The minimum atomic E-state index is -1.31. The first kappa shape index (κ1) is 28.5. The third-order valence-electron chi connectivity index (χ3n) is 8.72. The minimum Gasteiger partial charge on any atom is -0.497 e. The maximum Gasteiger partial charge on any atom is 0.221 e. The van der Waals surface area contributed by atoms with Gasteiger partial charge in [-0.05, 0) is 107 Å². The van der Waals surface area contributed by atoms with Crippen LogP contribution in [0.2, 0.25) is 0 Å². The summed E-state index contributed by atoms with van der Waals surface area (Å²) in [5.74, 6) is 1.68. The predicted molar refractivity (Wildman–Crippen MR) is 150 cm³/mol. The maximum atomic E-state index is 13.1. The second-order valence-corrected chi connectivity index (χ2v) is 13.0. The molecule has 1 amide bonds. The van der Waals surface area contributed by atoms with E-state index in [4.69, 9.17) is 4.74 Å². The lowest BCUT2D eigenvalue weighted by molar-refractivity contribution is -0.122. The molecule has 3 fully saturated rings. The van der Waals surface area contributed by atoms with Gasteiger partial charge < -0.3 is 19.9 Å². The first-order valence-electron chi connectivity index (χ1n) is 14.4. The van der Waals surface area contributed by atoms with Gasteiger partial charge in [-0.2, -0.15) is 0 Å². The van der Waals surface area contributed by atoms with Crippen LogP contribution in [0.5, 0.6) is 5.75 Å². The molecule has 2 saturated heterocycles. The average Bonchev–Trinajstić information content (AvgIpc) is 3.43. The largest absolute Gasteiger partial charge is 0.497 e. The van der Waals surface area contributed by atoms with Gasteiger partial charge in [0, 0.05) is 51.7 Å². The maximum absolute atomic E-state index is 13.1. The van der Waals surface area contributed by atoms with Crippen LogP contribution in [0.4, 0.5) is 0 Å². The first-order valence-corrected chi connectivity index (χ1v) is 15.5. The van der Waals surface area contributed by atoms with Gasteiger partial charge in [-0.1, -0.05) is 0 Å². The molecule has 2 aliphatic heterocycles. The number of piperidine rings is 1. The molecule has 1 aliphatic carbocycles. The summed E-state index contributed by atoms with van der Waals surface area (Å²) in [7, 11) is 2.15. The standard InChI is InChI=1S/C29H48N4O3S/c1-22-19-27(36-4)20-23(2)29(22)37(35)31(3)16-13-28(34)30-25-11-17-32(18-12-25)21-24-7-9-26(10-8-24)33-14-5-6-15-33/h19-20,24-26H,5-18,21H2,1-4H3,(H,30,34). The summed E-state index contributed by atoms with van der Waals surface area (Å²) in [4.78, 5) is 18.8. The number of rotatable bonds is 10. The van der Waals surface area contributed by atoms with Crippen molar-refractivity contribution in [3.8, 4) is 5.75 Å². The van der Waals surface area contributed by atoms with Crippen LogP contribution in [-0.4, -0.2) is 89.7 Å². The van der Waals surface area contributed by atoms with Gasteiger partial charge in [-0.15, -0.1) is 0 Å². The van der Waals surface area contributed by atoms with E-state index in [1.165, 1.54) is 58.2 Å². The van der Waals surface area contributed by atoms with Crippen molar-refractivity contribution in [2.24, 2.45) is 5.92 Å². The normalized spacial score (nSPS) is 24.9. The number of carbonyl (C=O) groups is 1. The molecule has 1 aromatic rings. The zero-order valence-electron chi connectivity index (χ0n) is 23.5. The zero-order valence-corrected chi connectivity index (χ0v) is 24.3. The molecule has 37 heavy (non-hydrogen) atoms. The van der Waals surface area contributed by atoms with Crippen molar-refractivity contribution in [2.75, 3.05) is 53.4 Å². The Labute approximate surface area is 226 Å².